The zero-order chi connectivity index (χ0) is 10.5. The molecule has 0 spiro atoms. The lowest BCUT2D eigenvalue weighted by atomic mass is 10.1. The van der Waals surface area contributed by atoms with Crippen LogP contribution in [0.2, 0.25) is 0 Å². The molecule has 0 amide bonds. The Balaban J connectivity index is 2.04. The summed E-state index contributed by atoms with van der Waals surface area (Å²) in [4.78, 5) is 3.20. The van der Waals surface area contributed by atoms with Gasteiger partial charge in [0.1, 0.15) is 0 Å². The van der Waals surface area contributed by atoms with E-state index in [4.69, 9.17) is 0 Å². The van der Waals surface area contributed by atoms with E-state index in [0.717, 1.165) is 0 Å². The first-order valence-electron chi connectivity index (χ1n) is 6.44. The first-order valence-corrected chi connectivity index (χ1v) is 7.26. The Labute approximate surface area is 97.7 Å². The van der Waals surface area contributed by atoms with E-state index in [0.29, 0.717) is 0 Å². The van der Waals surface area contributed by atoms with Crippen LogP contribution >= 0.6 is 11.3 Å². The minimum atomic E-state index is 1.33. The smallest absolute Gasteiger partial charge is 0.00800 e. The third-order valence-electron chi connectivity index (χ3n) is 3.37. The van der Waals surface area contributed by atoms with Gasteiger partial charge in [-0.3, -0.25) is 0 Å². The molecule has 0 N–H and O–H groups in total. The summed E-state index contributed by atoms with van der Waals surface area (Å²) in [6.07, 6.45) is 12.7. The summed E-state index contributed by atoms with van der Waals surface area (Å²) >= 11 is 2.04. The number of rotatable bonds is 0. The van der Waals surface area contributed by atoms with E-state index < -0.39 is 0 Å². The molecule has 84 valence electrons. The van der Waals surface area contributed by atoms with Crippen molar-refractivity contribution in [3.8, 4) is 0 Å². The molecule has 0 saturated carbocycles. The molecule has 15 heavy (non-hydrogen) atoms. The standard InChI is InChI=1S/C14H22S/c1-12-11-13-9-7-5-3-2-4-6-8-10-14(13)15-12/h11H,2-10H2,1H3. The molecule has 0 aromatic carbocycles. The molecule has 1 heterocycles. The maximum atomic E-state index is 2.43. The van der Waals surface area contributed by atoms with Crippen LogP contribution in [-0.4, -0.2) is 0 Å². The summed E-state index contributed by atoms with van der Waals surface area (Å²) in [5.74, 6) is 0. The minimum Gasteiger partial charge on any atom is -0.145 e. The third-order valence-corrected chi connectivity index (χ3v) is 4.52. The van der Waals surface area contributed by atoms with Crippen LogP contribution in [0, 0.1) is 6.92 Å². The van der Waals surface area contributed by atoms with Gasteiger partial charge in [-0.05, 0) is 44.2 Å². The van der Waals surface area contributed by atoms with Gasteiger partial charge in [0.15, 0.2) is 0 Å². The number of hydrogen-bond donors (Lipinski definition) is 0. The van der Waals surface area contributed by atoms with Crippen LogP contribution in [0.25, 0.3) is 0 Å². The number of hydrogen-bond acceptors (Lipinski definition) is 1. The summed E-state index contributed by atoms with van der Waals surface area (Å²) in [5, 5.41) is 0. The lowest BCUT2D eigenvalue weighted by molar-refractivity contribution is 0.588. The van der Waals surface area contributed by atoms with Crippen molar-refractivity contribution in [2.75, 3.05) is 0 Å². The third kappa shape index (κ3) is 3.34. The van der Waals surface area contributed by atoms with Crippen molar-refractivity contribution < 1.29 is 0 Å². The molecule has 0 atom stereocenters. The first-order chi connectivity index (χ1) is 7.36. The van der Waals surface area contributed by atoms with E-state index >= 15 is 0 Å². The molecule has 0 fully saturated rings. The van der Waals surface area contributed by atoms with Crippen LogP contribution in [-0.2, 0) is 12.8 Å². The molecule has 1 aromatic rings. The largest absolute Gasteiger partial charge is 0.145 e. The van der Waals surface area contributed by atoms with E-state index in [1.807, 2.05) is 11.3 Å². The zero-order valence-electron chi connectivity index (χ0n) is 9.85. The van der Waals surface area contributed by atoms with Crippen LogP contribution in [0.3, 0.4) is 0 Å². The molecule has 1 aliphatic rings. The summed E-state index contributed by atoms with van der Waals surface area (Å²) in [5.41, 5.74) is 1.67. The van der Waals surface area contributed by atoms with Gasteiger partial charge in [-0.25, -0.2) is 0 Å². The average Bonchev–Trinajstić information content (AvgIpc) is 2.54. The molecule has 0 saturated heterocycles. The quantitative estimate of drug-likeness (QED) is 0.586. The van der Waals surface area contributed by atoms with E-state index in [-0.39, 0.29) is 0 Å². The summed E-state index contributed by atoms with van der Waals surface area (Å²) in [6.45, 7) is 2.25. The highest BCUT2D eigenvalue weighted by Gasteiger charge is 2.07. The van der Waals surface area contributed by atoms with Crippen molar-refractivity contribution in [1.82, 2.24) is 0 Å². The second-order valence-electron chi connectivity index (χ2n) is 4.78. The molecule has 1 aromatic heterocycles. The second kappa shape index (κ2) is 5.69. The predicted octanol–water partition coefficient (Wildman–Crippen LogP) is 4.89. The van der Waals surface area contributed by atoms with Crippen LogP contribution < -0.4 is 0 Å². The molecular formula is C14H22S. The van der Waals surface area contributed by atoms with Crippen molar-refractivity contribution >= 4 is 11.3 Å². The highest BCUT2D eigenvalue weighted by atomic mass is 32.1. The fourth-order valence-electron chi connectivity index (χ4n) is 2.52. The van der Waals surface area contributed by atoms with Crippen molar-refractivity contribution in [3.05, 3.63) is 21.4 Å². The molecule has 0 bridgehead atoms. The number of thiophene rings is 1. The minimum absolute atomic E-state index is 1.33. The van der Waals surface area contributed by atoms with Gasteiger partial charge in [0.2, 0.25) is 0 Å². The number of aryl methyl sites for hydroxylation is 3. The van der Waals surface area contributed by atoms with Crippen LogP contribution in [0.1, 0.15) is 60.3 Å². The molecule has 0 unspecified atom stereocenters. The van der Waals surface area contributed by atoms with Crippen molar-refractivity contribution in [1.29, 1.82) is 0 Å². The molecule has 1 aliphatic carbocycles. The normalized spacial score (nSPS) is 19.3. The summed E-state index contributed by atoms with van der Waals surface area (Å²) in [6, 6.07) is 2.43. The average molecular weight is 222 g/mol. The maximum Gasteiger partial charge on any atom is 0.00800 e. The van der Waals surface area contributed by atoms with Gasteiger partial charge < -0.3 is 0 Å². The zero-order valence-corrected chi connectivity index (χ0v) is 10.7. The van der Waals surface area contributed by atoms with E-state index in [1.54, 1.807) is 10.4 Å². The Morgan fingerprint density at radius 2 is 1.47 bits per heavy atom. The molecular weight excluding hydrogens is 200 g/mol. The Morgan fingerprint density at radius 1 is 0.867 bits per heavy atom. The van der Waals surface area contributed by atoms with Crippen LogP contribution in [0.4, 0.5) is 0 Å². The molecule has 0 radical (unpaired) electrons. The highest BCUT2D eigenvalue weighted by molar-refractivity contribution is 7.12. The van der Waals surface area contributed by atoms with Gasteiger partial charge in [-0.2, -0.15) is 0 Å². The molecule has 1 heteroatoms. The Bertz CT molecular complexity index is 271. The van der Waals surface area contributed by atoms with Gasteiger partial charge in [-0.15, -0.1) is 11.3 Å². The predicted molar refractivity (Wildman–Crippen MR) is 68.8 cm³/mol. The molecule has 0 aliphatic heterocycles. The number of fused-ring (bicyclic) bond motifs is 1. The van der Waals surface area contributed by atoms with Crippen molar-refractivity contribution in [2.45, 2.75) is 64.7 Å². The Kier molecular flexibility index (Phi) is 4.25. The molecule has 0 nitrogen and oxygen atoms in total. The topological polar surface area (TPSA) is 0 Å². The van der Waals surface area contributed by atoms with Crippen molar-refractivity contribution in [3.63, 3.8) is 0 Å². The lowest BCUT2D eigenvalue weighted by Crippen LogP contribution is -1.88. The van der Waals surface area contributed by atoms with Crippen molar-refractivity contribution in [2.24, 2.45) is 0 Å². The Hall–Kier alpha value is -0.300. The monoisotopic (exact) mass is 222 g/mol. The molecule has 2 rings (SSSR count). The van der Waals surface area contributed by atoms with Gasteiger partial charge in [-0.1, -0.05) is 32.1 Å². The lowest BCUT2D eigenvalue weighted by Gasteiger charge is -2.01. The van der Waals surface area contributed by atoms with Gasteiger partial charge in [0, 0.05) is 9.75 Å². The van der Waals surface area contributed by atoms with Crippen LogP contribution in [0.5, 0.6) is 0 Å². The van der Waals surface area contributed by atoms with E-state index in [1.165, 1.54) is 62.7 Å². The van der Waals surface area contributed by atoms with Crippen LogP contribution in [0.15, 0.2) is 6.07 Å². The fraction of sp³-hybridized carbons (Fsp3) is 0.714. The highest BCUT2D eigenvalue weighted by Crippen LogP contribution is 2.26. The summed E-state index contributed by atoms with van der Waals surface area (Å²) < 4.78 is 0. The fourth-order valence-corrected chi connectivity index (χ4v) is 3.65. The first kappa shape index (κ1) is 11.2. The summed E-state index contributed by atoms with van der Waals surface area (Å²) in [7, 11) is 0. The SMILES string of the molecule is Cc1cc2c(s1)CCCCCCCCC2. The van der Waals surface area contributed by atoms with Gasteiger partial charge in [0.25, 0.3) is 0 Å². The second-order valence-corrected chi connectivity index (χ2v) is 6.12. The van der Waals surface area contributed by atoms with Gasteiger partial charge >= 0.3 is 0 Å². The van der Waals surface area contributed by atoms with E-state index in [2.05, 4.69) is 13.0 Å². The van der Waals surface area contributed by atoms with E-state index in [9.17, 15) is 0 Å². The maximum absolute atomic E-state index is 2.43. The Morgan fingerprint density at radius 3 is 2.20 bits per heavy atom. The van der Waals surface area contributed by atoms with Gasteiger partial charge in [0.05, 0.1) is 0 Å².